The highest BCUT2D eigenvalue weighted by molar-refractivity contribution is 6.19. The molecule has 0 bridgehead atoms. The lowest BCUT2D eigenvalue weighted by Crippen LogP contribution is -2.17. The van der Waals surface area contributed by atoms with E-state index in [1.165, 1.54) is 72.1 Å². The molecule has 0 fully saturated rings. The van der Waals surface area contributed by atoms with Gasteiger partial charge in [0.15, 0.2) is 0 Å². The number of hydrogen-bond donors (Lipinski definition) is 0. The first-order valence-corrected chi connectivity index (χ1v) is 20.9. The molecule has 2 aliphatic carbocycles. The lowest BCUT2D eigenvalue weighted by atomic mass is 9.81. The number of benzene rings is 9. The maximum absolute atomic E-state index is 2.47. The van der Waals surface area contributed by atoms with Crippen molar-refractivity contribution in [2.75, 3.05) is 9.80 Å². The Balaban J connectivity index is 0.929. The average Bonchev–Trinajstić information content (AvgIpc) is 3.73. The molecule has 0 saturated heterocycles. The molecule has 2 heteroatoms. The van der Waals surface area contributed by atoms with Crippen LogP contribution in [0.4, 0.5) is 34.1 Å². The van der Waals surface area contributed by atoms with Crippen molar-refractivity contribution in [3.8, 4) is 33.4 Å². The minimum atomic E-state index is -0.188. The number of fused-ring (bicyclic) bond motifs is 6. The third kappa shape index (κ3) is 5.87. The van der Waals surface area contributed by atoms with Crippen molar-refractivity contribution < 1.29 is 0 Å². The summed E-state index contributed by atoms with van der Waals surface area (Å²) in [6.07, 6.45) is 4.48. The summed E-state index contributed by atoms with van der Waals surface area (Å²) < 4.78 is 0. The minimum absolute atomic E-state index is 0.188. The van der Waals surface area contributed by atoms with Crippen LogP contribution in [0.1, 0.15) is 41.7 Å². The van der Waals surface area contributed by atoms with Crippen LogP contribution < -0.4 is 9.80 Å². The quantitative estimate of drug-likeness (QED) is 0.142. The van der Waals surface area contributed by atoms with E-state index in [4.69, 9.17) is 0 Å². The Labute approximate surface area is 353 Å². The second-order valence-electron chi connectivity index (χ2n) is 16.7. The number of para-hydroxylation sites is 2. The maximum atomic E-state index is 2.47. The molecule has 286 valence electrons. The van der Waals surface area contributed by atoms with Crippen LogP contribution in [0, 0.1) is 6.92 Å². The Morgan fingerprint density at radius 1 is 0.367 bits per heavy atom. The van der Waals surface area contributed by atoms with Crippen LogP contribution in [-0.2, 0) is 5.41 Å². The van der Waals surface area contributed by atoms with Crippen LogP contribution in [0.3, 0.4) is 0 Å². The van der Waals surface area contributed by atoms with Crippen LogP contribution in [0.2, 0.25) is 0 Å². The first-order valence-electron chi connectivity index (χ1n) is 20.9. The van der Waals surface area contributed by atoms with E-state index >= 15 is 0 Å². The van der Waals surface area contributed by atoms with Gasteiger partial charge in [-0.15, -0.1) is 0 Å². The SMILES string of the molecule is Cc1cccc(N(c2ccc3c(c2)C(C)(C)c2cc(/C=C/c4ccc(N(c5ccccc5)c5ccccc5)cc4)ccc2-3)c2ccc3c4c(cccc24)-c2ccccc2-3)c1. The summed E-state index contributed by atoms with van der Waals surface area (Å²) in [6, 6.07) is 73.2. The van der Waals surface area contributed by atoms with Gasteiger partial charge >= 0.3 is 0 Å². The molecule has 0 N–H and O–H groups in total. The van der Waals surface area contributed by atoms with Crippen LogP contribution in [-0.4, -0.2) is 0 Å². The topological polar surface area (TPSA) is 6.48 Å². The molecule has 2 aliphatic rings. The number of rotatable bonds is 8. The second kappa shape index (κ2) is 14.1. The zero-order valence-electron chi connectivity index (χ0n) is 34.1. The van der Waals surface area contributed by atoms with E-state index in [1.807, 2.05) is 0 Å². The van der Waals surface area contributed by atoms with Gasteiger partial charge in [-0.05, 0) is 140 Å². The van der Waals surface area contributed by atoms with Gasteiger partial charge in [-0.25, -0.2) is 0 Å². The number of nitrogens with zero attached hydrogens (tertiary/aromatic N) is 2. The fraction of sp³-hybridized carbons (Fsp3) is 0.0690. The Hall–Kier alpha value is -7.42. The summed E-state index contributed by atoms with van der Waals surface area (Å²) in [4.78, 5) is 4.77. The van der Waals surface area contributed by atoms with Crippen molar-refractivity contribution >= 4 is 57.0 Å². The van der Waals surface area contributed by atoms with E-state index in [9.17, 15) is 0 Å². The van der Waals surface area contributed by atoms with Crippen molar-refractivity contribution in [3.05, 3.63) is 228 Å². The van der Waals surface area contributed by atoms with E-state index in [0.717, 1.165) is 34.0 Å². The van der Waals surface area contributed by atoms with Gasteiger partial charge < -0.3 is 9.80 Å². The summed E-state index contributed by atoms with van der Waals surface area (Å²) in [5.74, 6) is 0. The van der Waals surface area contributed by atoms with E-state index in [2.05, 4.69) is 243 Å². The van der Waals surface area contributed by atoms with E-state index < -0.39 is 0 Å². The van der Waals surface area contributed by atoms with E-state index in [-0.39, 0.29) is 5.41 Å². The Kier molecular flexibility index (Phi) is 8.42. The standard InChI is InChI=1S/C58H44N2/c1-39-14-12-19-45(36-39)60(56-35-34-52-48-21-11-10-20-47(48)51-22-13-23-53(56)57(51)52)46-31-33-50-49-32-28-41(37-54(49)58(2,3)55(50)38-46)25-24-40-26-29-44(30-27-40)59(42-15-6-4-7-16-42)43-17-8-5-9-18-43/h4-38H,1-3H3/b25-24+. The monoisotopic (exact) mass is 768 g/mol. The van der Waals surface area contributed by atoms with Crippen LogP contribution in [0.25, 0.3) is 56.3 Å². The molecule has 0 aliphatic heterocycles. The lowest BCUT2D eigenvalue weighted by molar-refractivity contribution is 0.660. The highest BCUT2D eigenvalue weighted by Crippen LogP contribution is 2.54. The molecular formula is C58H44N2. The molecule has 0 aromatic heterocycles. The van der Waals surface area contributed by atoms with Crippen molar-refractivity contribution in [2.24, 2.45) is 0 Å². The third-order valence-electron chi connectivity index (χ3n) is 12.6. The molecule has 9 aromatic carbocycles. The van der Waals surface area contributed by atoms with Gasteiger partial charge in [-0.3, -0.25) is 0 Å². The van der Waals surface area contributed by atoms with Gasteiger partial charge in [0, 0.05) is 39.2 Å². The Morgan fingerprint density at radius 3 is 1.57 bits per heavy atom. The van der Waals surface area contributed by atoms with Crippen LogP contribution in [0.15, 0.2) is 200 Å². The molecule has 0 unspecified atom stereocenters. The maximum Gasteiger partial charge on any atom is 0.0540 e. The fourth-order valence-corrected chi connectivity index (χ4v) is 9.70. The predicted octanol–water partition coefficient (Wildman–Crippen LogP) is 16.2. The highest BCUT2D eigenvalue weighted by atomic mass is 15.1. The van der Waals surface area contributed by atoms with Gasteiger partial charge in [-0.2, -0.15) is 0 Å². The van der Waals surface area contributed by atoms with Gasteiger partial charge in [-0.1, -0.05) is 159 Å². The largest absolute Gasteiger partial charge is 0.311 e. The Bertz CT molecular complexity index is 3050. The summed E-state index contributed by atoms with van der Waals surface area (Å²) >= 11 is 0. The smallest absolute Gasteiger partial charge is 0.0540 e. The van der Waals surface area contributed by atoms with Crippen molar-refractivity contribution in [3.63, 3.8) is 0 Å². The molecule has 0 spiro atoms. The predicted molar refractivity (Wildman–Crippen MR) is 255 cm³/mol. The summed E-state index contributed by atoms with van der Waals surface area (Å²) in [6.45, 7) is 6.94. The normalized spacial score (nSPS) is 13.0. The minimum Gasteiger partial charge on any atom is -0.311 e. The van der Waals surface area contributed by atoms with Gasteiger partial charge in [0.25, 0.3) is 0 Å². The summed E-state index contributed by atoms with van der Waals surface area (Å²) in [7, 11) is 0. The first kappa shape index (κ1) is 35.7. The van der Waals surface area contributed by atoms with Crippen molar-refractivity contribution in [1.82, 2.24) is 0 Å². The average molecular weight is 769 g/mol. The molecule has 2 nitrogen and oxygen atoms in total. The molecule has 0 radical (unpaired) electrons. The molecular weight excluding hydrogens is 725 g/mol. The molecule has 0 amide bonds. The summed E-state index contributed by atoms with van der Waals surface area (Å²) in [5.41, 5.74) is 20.9. The van der Waals surface area contributed by atoms with Crippen molar-refractivity contribution in [1.29, 1.82) is 0 Å². The molecule has 0 heterocycles. The van der Waals surface area contributed by atoms with Gasteiger partial charge in [0.05, 0.1) is 5.69 Å². The van der Waals surface area contributed by atoms with E-state index in [1.54, 1.807) is 0 Å². The van der Waals surface area contributed by atoms with Gasteiger partial charge in [0.1, 0.15) is 0 Å². The molecule has 0 saturated carbocycles. The highest BCUT2D eigenvalue weighted by Gasteiger charge is 2.36. The zero-order chi connectivity index (χ0) is 40.4. The van der Waals surface area contributed by atoms with Crippen LogP contribution >= 0.6 is 0 Å². The number of aryl methyl sites for hydroxylation is 1. The fourth-order valence-electron chi connectivity index (χ4n) is 9.70. The van der Waals surface area contributed by atoms with E-state index in [0.29, 0.717) is 0 Å². The Morgan fingerprint density at radius 2 is 0.867 bits per heavy atom. The molecule has 9 aromatic rings. The third-order valence-corrected chi connectivity index (χ3v) is 12.6. The number of hydrogen-bond acceptors (Lipinski definition) is 2. The molecule has 60 heavy (non-hydrogen) atoms. The molecule has 0 atom stereocenters. The van der Waals surface area contributed by atoms with Gasteiger partial charge in [0.2, 0.25) is 0 Å². The summed E-state index contributed by atoms with van der Waals surface area (Å²) in [5, 5.41) is 2.60. The molecule has 11 rings (SSSR count). The second-order valence-corrected chi connectivity index (χ2v) is 16.7. The number of anilines is 6. The lowest BCUT2D eigenvalue weighted by Gasteiger charge is -2.29. The first-order chi connectivity index (χ1) is 29.4. The zero-order valence-corrected chi connectivity index (χ0v) is 34.1. The van der Waals surface area contributed by atoms with Crippen LogP contribution in [0.5, 0.6) is 0 Å². The van der Waals surface area contributed by atoms with Crippen molar-refractivity contribution in [2.45, 2.75) is 26.2 Å².